The monoisotopic (exact) mass is 545 g/mol. The van der Waals surface area contributed by atoms with E-state index in [1.807, 2.05) is 13.1 Å². The fourth-order valence-corrected chi connectivity index (χ4v) is 4.50. The van der Waals surface area contributed by atoms with E-state index in [0.29, 0.717) is 12.1 Å². The molecular formula is C23H40IN5O2. The Morgan fingerprint density at radius 2 is 1.68 bits per heavy atom. The van der Waals surface area contributed by atoms with Gasteiger partial charge >= 0.3 is 0 Å². The topological polar surface area (TPSA) is 61.4 Å². The number of hydrogen-bond donors (Lipinski definition) is 2. The molecule has 0 radical (unpaired) electrons. The van der Waals surface area contributed by atoms with E-state index in [2.05, 4.69) is 44.5 Å². The number of benzene rings is 1. The van der Waals surface area contributed by atoms with Crippen LogP contribution in [0.15, 0.2) is 23.2 Å². The van der Waals surface area contributed by atoms with Crippen molar-refractivity contribution in [2.24, 2.45) is 4.99 Å². The fourth-order valence-electron chi connectivity index (χ4n) is 4.50. The van der Waals surface area contributed by atoms with Crippen molar-refractivity contribution in [1.29, 1.82) is 0 Å². The standard InChI is InChI=1S/C23H39N5O2.HI/c1-5-19(27-10-6-7-11-27)17-25-23(24-2)26-18-8-12-28(13-9-18)20-14-21(29-3)16-22(15-20)30-4;/h14-16,18-19H,5-13,17H2,1-4H3,(H2,24,25,26);1H. The van der Waals surface area contributed by atoms with Gasteiger partial charge in [0.15, 0.2) is 5.96 Å². The summed E-state index contributed by atoms with van der Waals surface area (Å²) in [5, 5.41) is 7.21. The van der Waals surface area contributed by atoms with Crippen LogP contribution in [0.5, 0.6) is 11.5 Å². The summed E-state index contributed by atoms with van der Waals surface area (Å²) in [6, 6.07) is 7.11. The first-order chi connectivity index (χ1) is 14.7. The summed E-state index contributed by atoms with van der Waals surface area (Å²) in [5.41, 5.74) is 1.16. The van der Waals surface area contributed by atoms with Crippen LogP contribution >= 0.6 is 24.0 Å². The Morgan fingerprint density at radius 1 is 1.06 bits per heavy atom. The molecule has 0 spiro atoms. The molecule has 2 saturated heterocycles. The van der Waals surface area contributed by atoms with Crippen molar-refractivity contribution in [2.75, 3.05) is 58.9 Å². The third-order valence-corrected chi connectivity index (χ3v) is 6.39. The summed E-state index contributed by atoms with van der Waals surface area (Å²) >= 11 is 0. The molecule has 2 fully saturated rings. The highest BCUT2D eigenvalue weighted by Gasteiger charge is 2.23. The molecular weight excluding hydrogens is 505 g/mol. The van der Waals surface area contributed by atoms with Crippen LogP contribution in [0.2, 0.25) is 0 Å². The minimum atomic E-state index is 0. The molecule has 2 aliphatic rings. The number of nitrogens with zero attached hydrogens (tertiary/aromatic N) is 3. The Bertz CT molecular complexity index is 666. The lowest BCUT2D eigenvalue weighted by molar-refractivity contribution is 0.236. The van der Waals surface area contributed by atoms with Crippen LogP contribution in [-0.4, -0.2) is 76.9 Å². The quantitative estimate of drug-likeness (QED) is 0.297. The Morgan fingerprint density at radius 3 is 2.19 bits per heavy atom. The van der Waals surface area contributed by atoms with Crippen LogP contribution < -0.4 is 25.0 Å². The third-order valence-electron chi connectivity index (χ3n) is 6.39. The first-order valence-electron chi connectivity index (χ1n) is 11.4. The van der Waals surface area contributed by atoms with Crippen molar-refractivity contribution in [3.8, 4) is 11.5 Å². The zero-order chi connectivity index (χ0) is 21.3. The van der Waals surface area contributed by atoms with E-state index in [-0.39, 0.29) is 24.0 Å². The normalized spacial score (nSPS) is 19.0. The predicted octanol–water partition coefficient (Wildman–Crippen LogP) is 3.33. The number of hydrogen-bond acceptors (Lipinski definition) is 5. The average molecular weight is 546 g/mol. The minimum absolute atomic E-state index is 0. The third kappa shape index (κ3) is 7.30. The van der Waals surface area contributed by atoms with Crippen LogP contribution in [0.25, 0.3) is 0 Å². The van der Waals surface area contributed by atoms with Crippen LogP contribution in [0.3, 0.4) is 0 Å². The van der Waals surface area contributed by atoms with Gasteiger partial charge in [0, 0.05) is 62.7 Å². The molecule has 31 heavy (non-hydrogen) atoms. The van der Waals surface area contributed by atoms with Crippen molar-refractivity contribution >= 4 is 35.6 Å². The maximum atomic E-state index is 5.42. The van der Waals surface area contributed by atoms with E-state index in [0.717, 1.165) is 55.6 Å². The molecule has 0 aromatic heterocycles. The SMILES string of the molecule is CCC(CNC(=NC)NC1CCN(c2cc(OC)cc(OC)c2)CC1)N1CCCC1.I. The molecule has 1 aromatic carbocycles. The first-order valence-corrected chi connectivity index (χ1v) is 11.4. The van der Waals surface area contributed by atoms with E-state index < -0.39 is 0 Å². The van der Waals surface area contributed by atoms with Gasteiger partial charge in [-0.3, -0.25) is 9.89 Å². The van der Waals surface area contributed by atoms with E-state index in [4.69, 9.17) is 9.47 Å². The van der Waals surface area contributed by atoms with Gasteiger partial charge in [-0.25, -0.2) is 0 Å². The Labute approximate surface area is 205 Å². The molecule has 1 unspecified atom stereocenters. The molecule has 176 valence electrons. The van der Waals surface area contributed by atoms with Gasteiger partial charge in [0.25, 0.3) is 0 Å². The van der Waals surface area contributed by atoms with Crippen molar-refractivity contribution in [2.45, 2.75) is 51.1 Å². The van der Waals surface area contributed by atoms with Gasteiger partial charge in [-0.1, -0.05) is 6.92 Å². The number of likely N-dealkylation sites (tertiary alicyclic amines) is 1. The number of ether oxygens (including phenoxy) is 2. The smallest absolute Gasteiger partial charge is 0.191 e. The van der Waals surface area contributed by atoms with E-state index in [1.54, 1.807) is 14.2 Å². The number of piperidine rings is 1. The maximum Gasteiger partial charge on any atom is 0.191 e. The summed E-state index contributed by atoms with van der Waals surface area (Å²) in [7, 11) is 5.25. The average Bonchev–Trinajstić information content (AvgIpc) is 3.33. The van der Waals surface area contributed by atoms with Crippen LogP contribution in [0.1, 0.15) is 39.0 Å². The number of rotatable bonds is 8. The molecule has 7 nitrogen and oxygen atoms in total. The van der Waals surface area contributed by atoms with Crippen LogP contribution in [-0.2, 0) is 0 Å². The molecule has 1 aromatic rings. The molecule has 8 heteroatoms. The van der Waals surface area contributed by atoms with E-state index in [1.165, 1.54) is 32.4 Å². The van der Waals surface area contributed by atoms with E-state index >= 15 is 0 Å². The zero-order valence-corrected chi connectivity index (χ0v) is 21.9. The molecule has 0 amide bonds. The number of aliphatic imine (C=N–C) groups is 1. The Kier molecular flexibility index (Phi) is 11.0. The van der Waals surface area contributed by atoms with Crippen LogP contribution in [0.4, 0.5) is 5.69 Å². The fraction of sp³-hybridized carbons (Fsp3) is 0.696. The second-order valence-corrected chi connectivity index (χ2v) is 8.23. The van der Waals surface area contributed by atoms with Gasteiger partial charge < -0.3 is 25.0 Å². The largest absolute Gasteiger partial charge is 0.497 e. The zero-order valence-electron chi connectivity index (χ0n) is 19.5. The van der Waals surface area contributed by atoms with Crippen molar-refractivity contribution in [3.05, 3.63) is 18.2 Å². The molecule has 3 rings (SSSR count). The number of halogens is 1. The van der Waals surface area contributed by atoms with E-state index in [9.17, 15) is 0 Å². The van der Waals surface area contributed by atoms with Gasteiger partial charge in [-0.15, -0.1) is 24.0 Å². The van der Waals surface area contributed by atoms with Gasteiger partial charge in [-0.2, -0.15) is 0 Å². The number of nitrogens with one attached hydrogen (secondary N) is 2. The number of anilines is 1. The second-order valence-electron chi connectivity index (χ2n) is 8.23. The summed E-state index contributed by atoms with van der Waals surface area (Å²) in [6.45, 7) is 7.70. The highest BCUT2D eigenvalue weighted by atomic mass is 127. The lowest BCUT2D eigenvalue weighted by Crippen LogP contribution is -2.51. The Hall–Kier alpha value is -1.42. The molecule has 2 aliphatic heterocycles. The molecule has 2 heterocycles. The van der Waals surface area contributed by atoms with Crippen molar-refractivity contribution < 1.29 is 9.47 Å². The highest BCUT2D eigenvalue weighted by Crippen LogP contribution is 2.30. The molecule has 2 N–H and O–H groups in total. The summed E-state index contributed by atoms with van der Waals surface area (Å²) in [5.74, 6) is 2.59. The van der Waals surface area contributed by atoms with Gasteiger partial charge in [0.05, 0.1) is 14.2 Å². The molecule has 0 aliphatic carbocycles. The van der Waals surface area contributed by atoms with Crippen molar-refractivity contribution in [3.63, 3.8) is 0 Å². The van der Waals surface area contributed by atoms with Gasteiger partial charge in [0.2, 0.25) is 0 Å². The highest BCUT2D eigenvalue weighted by molar-refractivity contribution is 14.0. The number of guanidine groups is 1. The van der Waals surface area contributed by atoms with Crippen molar-refractivity contribution in [1.82, 2.24) is 15.5 Å². The minimum Gasteiger partial charge on any atom is -0.497 e. The predicted molar refractivity (Wildman–Crippen MR) is 140 cm³/mol. The van der Waals surface area contributed by atoms with Gasteiger partial charge in [0.1, 0.15) is 11.5 Å². The Balaban J connectivity index is 0.00000341. The van der Waals surface area contributed by atoms with Gasteiger partial charge in [-0.05, 0) is 45.2 Å². The van der Waals surface area contributed by atoms with Crippen LogP contribution in [0, 0.1) is 0 Å². The first kappa shape index (κ1) is 25.8. The molecule has 1 atom stereocenters. The summed E-state index contributed by atoms with van der Waals surface area (Å²) in [4.78, 5) is 9.48. The molecule has 0 bridgehead atoms. The molecule has 0 saturated carbocycles. The summed E-state index contributed by atoms with van der Waals surface area (Å²) < 4.78 is 10.8. The lowest BCUT2D eigenvalue weighted by Gasteiger charge is -2.35. The maximum absolute atomic E-state index is 5.42. The lowest BCUT2D eigenvalue weighted by atomic mass is 10.0. The second kappa shape index (κ2) is 13.2. The number of methoxy groups -OCH3 is 2. The summed E-state index contributed by atoms with van der Waals surface area (Å²) in [6.07, 6.45) is 5.99.